The number of anilines is 1. The molecule has 6 heteroatoms. The van der Waals surface area contributed by atoms with Crippen molar-refractivity contribution in [1.82, 2.24) is 10.3 Å². The fraction of sp³-hybridized carbons (Fsp3) is 0.667. The Balaban J connectivity index is 1.61. The molecule has 116 valence electrons. The maximum absolute atomic E-state index is 13.0. The Labute approximate surface area is 122 Å². The van der Waals surface area contributed by atoms with E-state index in [9.17, 15) is 13.2 Å². The van der Waals surface area contributed by atoms with Crippen LogP contribution in [0.15, 0.2) is 18.3 Å². The summed E-state index contributed by atoms with van der Waals surface area (Å²) in [6.07, 6.45) is 1.47. The number of hydrogen-bond donors (Lipinski definition) is 1. The standard InChI is InChI=1S/C15H20F3N3/c16-15(17,18)13-2-1-7-19-14(13)21-8-5-12(6-9-21)20-10-11-3-4-11/h1-2,7,11-12,20H,3-6,8-10H2. The summed E-state index contributed by atoms with van der Waals surface area (Å²) in [5.74, 6) is 0.904. The highest BCUT2D eigenvalue weighted by atomic mass is 19.4. The van der Waals surface area contributed by atoms with Crippen LogP contribution in [0.4, 0.5) is 19.0 Å². The normalized spacial score (nSPS) is 20.8. The zero-order valence-corrected chi connectivity index (χ0v) is 11.9. The monoisotopic (exact) mass is 299 g/mol. The van der Waals surface area contributed by atoms with Gasteiger partial charge >= 0.3 is 6.18 Å². The van der Waals surface area contributed by atoms with Gasteiger partial charge in [0.1, 0.15) is 5.82 Å². The van der Waals surface area contributed by atoms with Crippen molar-refractivity contribution >= 4 is 5.82 Å². The number of nitrogens with one attached hydrogen (secondary N) is 1. The summed E-state index contributed by atoms with van der Waals surface area (Å²) in [6.45, 7) is 2.31. The van der Waals surface area contributed by atoms with Gasteiger partial charge in [-0.25, -0.2) is 4.98 Å². The minimum atomic E-state index is -4.34. The molecule has 0 spiro atoms. The molecule has 0 amide bonds. The molecule has 1 aromatic heterocycles. The van der Waals surface area contributed by atoms with Crippen LogP contribution in [-0.4, -0.2) is 30.7 Å². The third-order valence-corrected chi connectivity index (χ3v) is 4.28. The maximum atomic E-state index is 13.0. The van der Waals surface area contributed by atoms with E-state index in [1.807, 2.05) is 0 Å². The molecule has 1 N–H and O–H groups in total. The molecule has 1 aliphatic carbocycles. The van der Waals surface area contributed by atoms with Crippen molar-refractivity contribution in [3.05, 3.63) is 23.9 Å². The molecule has 1 aromatic rings. The van der Waals surface area contributed by atoms with Crippen molar-refractivity contribution in [1.29, 1.82) is 0 Å². The lowest BCUT2D eigenvalue weighted by atomic mass is 10.0. The molecule has 0 unspecified atom stereocenters. The largest absolute Gasteiger partial charge is 0.419 e. The molecule has 1 saturated heterocycles. The molecule has 21 heavy (non-hydrogen) atoms. The van der Waals surface area contributed by atoms with Gasteiger partial charge in [0.25, 0.3) is 0 Å². The van der Waals surface area contributed by atoms with Crippen LogP contribution in [-0.2, 0) is 6.18 Å². The van der Waals surface area contributed by atoms with E-state index in [1.165, 1.54) is 25.1 Å². The van der Waals surface area contributed by atoms with Crippen LogP contribution >= 0.6 is 0 Å². The molecule has 3 rings (SSSR count). The van der Waals surface area contributed by atoms with Gasteiger partial charge in [-0.05, 0) is 50.3 Å². The lowest BCUT2D eigenvalue weighted by Crippen LogP contribution is -2.44. The van der Waals surface area contributed by atoms with Crippen LogP contribution < -0.4 is 10.2 Å². The Hall–Kier alpha value is -1.30. The van der Waals surface area contributed by atoms with E-state index in [1.54, 1.807) is 4.90 Å². The number of nitrogens with zero attached hydrogens (tertiary/aromatic N) is 2. The number of aromatic nitrogens is 1. The number of piperidine rings is 1. The summed E-state index contributed by atoms with van der Waals surface area (Å²) < 4.78 is 39.1. The van der Waals surface area contributed by atoms with E-state index in [2.05, 4.69) is 10.3 Å². The van der Waals surface area contributed by atoms with E-state index < -0.39 is 11.7 Å². The predicted octanol–water partition coefficient (Wildman–Crippen LogP) is 3.07. The average molecular weight is 299 g/mol. The molecule has 1 saturated carbocycles. The molecule has 2 heterocycles. The zero-order chi connectivity index (χ0) is 14.9. The summed E-state index contributed by atoms with van der Waals surface area (Å²) >= 11 is 0. The Kier molecular flexibility index (Phi) is 4.06. The van der Waals surface area contributed by atoms with Crippen molar-refractivity contribution in [3.8, 4) is 0 Å². The molecule has 2 aliphatic rings. The molecular formula is C15H20F3N3. The van der Waals surface area contributed by atoms with Crippen LogP contribution in [0.25, 0.3) is 0 Å². The Bertz CT molecular complexity index is 477. The third kappa shape index (κ3) is 3.67. The third-order valence-electron chi connectivity index (χ3n) is 4.28. The quantitative estimate of drug-likeness (QED) is 0.926. The first kappa shape index (κ1) is 14.6. The smallest absolute Gasteiger partial charge is 0.356 e. The molecule has 0 aromatic carbocycles. The van der Waals surface area contributed by atoms with Crippen molar-refractivity contribution in [3.63, 3.8) is 0 Å². The fourth-order valence-electron chi connectivity index (χ4n) is 2.82. The highest BCUT2D eigenvalue weighted by molar-refractivity contribution is 5.48. The fourth-order valence-corrected chi connectivity index (χ4v) is 2.82. The number of pyridine rings is 1. The van der Waals surface area contributed by atoms with Gasteiger partial charge in [0.2, 0.25) is 0 Å². The molecular weight excluding hydrogens is 279 g/mol. The summed E-state index contributed by atoms with van der Waals surface area (Å²) in [5.41, 5.74) is -0.630. The second-order valence-corrected chi connectivity index (χ2v) is 5.99. The molecule has 2 fully saturated rings. The second kappa shape index (κ2) is 5.83. The van der Waals surface area contributed by atoms with Gasteiger partial charge in [0.05, 0.1) is 5.56 Å². The Morgan fingerprint density at radius 2 is 1.90 bits per heavy atom. The number of hydrogen-bond acceptors (Lipinski definition) is 3. The number of rotatable bonds is 4. The van der Waals surface area contributed by atoms with Gasteiger partial charge < -0.3 is 10.2 Å². The van der Waals surface area contributed by atoms with Gasteiger partial charge in [-0.2, -0.15) is 13.2 Å². The Morgan fingerprint density at radius 3 is 2.52 bits per heavy atom. The lowest BCUT2D eigenvalue weighted by Gasteiger charge is -2.34. The first-order chi connectivity index (χ1) is 10.0. The van der Waals surface area contributed by atoms with Crippen LogP contribution in [0, 0.1) is 5.92 Å². The molecule has 0 atom stereocenters. The van der Waals surface area contributed by atoms with Crippen molar-refractivity contribution < 1.29 is 13.2 Å². The number of alkyl halides is 3. The first-order valence-corrected chi connectivity index (χ1v) is 7.54. The number of halogens is 3. The van der Waals surface area contributed by atoms with E-state index >= 15 is 0 Å². The highest BCUT2D eigenvalue weighted by Crippen LogP contribution is 2.36. The molecule has 0 radical (unpaired) electrons. The predicted molar refractivity (Wildman–Crippen MR) is 75.2 cm³/mol. The molecule has 1 aliphatic heterocycles. The minimum absolute atomic E-state index is 0.0747. The second-order valence-electron chi connectivity index (χ2n) is 5.99. The van der Waals surface area contributed by atoms with E-state index in [0.29, 0.717) is 19.1 Å². The van der Waals surface area contributed by atoms with E-state index in [0.717, 1.165) is 31.4 Å². The van der Waals surface area contributed by atoms with Gasteiger partial charge in [-0.3, -0.25) is 0 Å². The maximum Gasteiger partial charge on any atom is 0.419 e. The molecule has 0 bridgehead atoms. The van der Waals surface area contributed by atoms with Crippen LogP contribution in [0.3, 0.4) is 0 Å². The summed E-state index contributed by atoms with van der Waals surface area (Å²) in [6, 6.07) is 2.88. The van der Waals surface area contributed by atoms with Crippen LogP contribution in [0.1, 0.15) is 31.2 Å². The first-order valence-electron chi connectivity index (χ1n) is 7.54. The Morgan fingerprint density at radius 1 is 1.19 bits per heavy atom. The van der Waals surface area contributed by atoms with Crippen molar-refractivity contribution in [2.24, 2.45) is 5.92 Å². The lowest BCUT2D eigenvalue weighted by molar-refractivity contribution is -0.137. The van der Waals surface area contributed by atoms with Crippen molar-refractivity contribution in [2.75, 3.05) is 24.5 Å². The van der Waals surface area contributed by atoms with Gasteiger partial charge in [-0.15, -0.1) is 0 Å². The van der Waals surface area contributed by atoms with Crippen LogP contribution in [0.2, 0.25) is 0 Å². The summed E-state index contributed by atoms with van der Waals surface area (Å²) in [7, 11) is 0. The SMILES string of the molecule is FC(F)(F)c1cccnc1N1CCC(NCC2CC2)CC1. The highest BCUT2D eigenvalue weighted by Gasteiger charge is 2.36. The van der Waals surface area contributed by atoms with Crippen molar-refractivity contribution in [2.45, 2.75) is 37.9 Å². The van der Waals surface area contributed by atoms with Crippen LogP contribution in [0.5, 0.6) is 0 Å². The van der Waals surface area contributed by atoms with Gasteiger partial charge in [-0.1, -0.05) is 0 Å². The van der Waals surface area contributed by atoms with Gasteiger partial charge in [0.15, 0.2) is 0 Å². The van der Waals surface area contributed by atoms with E-state index in [-0.39, 0.29) is 5.82 Å². The average Bonchev–Trinajstić information content (AvgIpc) is 3.29. The summed E-state index contributed by atoms with van der Waals surface area (Å²) in [5, 5.41) is 3.53. The summed E-state index contributed by atoms with van der Waals surface area (Å²) in [4.78, 5) is 5.73. The van der Waals surface area contributed by atoms with Gasteiger partial charge in [0, 0.05) is 25.3 Å². The zero-order valence-electron chi connectivity index (χ0n) is 11.9. The minimum Gasteiger partial charge on any atom is -0.356 e. The molecule has 3 nitrogen and oxygen atoms in total. The van der Waals surface area contributed by atoms with E-state index in [4.69, 9.17) is 0 Å². The topological polar surface area (TPSA) is 28.2 Å².